The predicted octanol–water partition coefficient (Wildman–Crippen LogP) is 4.74. The van der Waals surface area contributed by atoms with Crippen molar-refractivity contribution in [3.05, 3.63) is 52.5 Å². The zero-order valence-corrected chi connectivity index (χ0v) is 12.8. The van der Waals surface area contributed by atoms with Crippen LogP contribution >= 0.6 is 15.9 Å². The van der Waals surface area contributed by atoms with Gasteiger partial charge in [0, 0.05) is 4.47 Å². The van der Waals surface area contributed by atoms with Crippen molar-refractivity contribution in [3.8, 4) is 16.9 Å². The maximum atomic E-state index is 11.7. The molecule has 102 valence electrons. The molecule has 0 spiro atoms. The third-order valence-electron chi connectivity index (χ3n) is 3.47. The lowest BCUT2D eigenvalue weighted by atomic mass is 10.0. The van der Waals surface area contributed by atoms with Gasteiger partial charge in [-0.05, 0) is 60.7 Å². The number of carbonyl (C=O) groups is 1. The average Bonchev–Trinajstić information content (AvgIpc) is 3.26. The normalized spacial score (nSPS) is 14.1. The van der Waals surface area contributed by atoms with Gasteiger partial charge in [-0.1, -0.05) is 34.1 Å². The quantitative estimate of drug-likeness (QED) is 0.600. The van der Waals surface area contributed by atoms with Crippen molar-refractivity contribution >= 4 is 21.9 Å². The van der Waals surface area contributed by atoms with Gasteiger partial charge in [-0.3, -0.25) is 4.79 Å². The molecular weight excluding hydrogens is 316 g/mol. The fourth-order valence-electron chi connectivity index (χ4n) is 2.10. The van der Waals surface area contributed by atoms with E-state index in [9.17, 15) is 4.79 Å². The highest BCUT2D eigenvalue weighted by Gasteiger charge is 2.31. The molecule has 0 radical (unpaired) electrons. The second-order valence-electron chi connectivity index (χ2n) is 5.18. The standard InChI is InChI=1S/C17H15BrO2/c1-11-10-14(12-4-7-15(18)8-5-12)6-9-16(11)20-17(19)13-2-3-13/h4-10,13H,2-3H2,1H3. The predicted molar refractivity (Wildman–Crippen MR) is 82.7 cm³/mol. The minimum atomic E-state index is -0.0931. The number of hydrogen-bond acceptors (Lipinski definition) is 2. The van der Waals surface area contributed by atoms with Crippen LogP contribution in [0.2, 0.25) is 0 Å². The maximum Gasteiger partial charge on any atom is 0.314 e. The van der Waals surface area contributed by atoms with E-state index >= 15 is 0 Å². The third-order valence-corrected chi connectivity index (χ3v) is 4.00. The lowest BCUT2D eigenvalue weighted by molar-refractivity contribution is -0.135. The Morgan fingerprint density at radius 3 is 2.35 bits per heavy atom. The van der Waals surface area contributed by atoms with E-state index < -0.39 is 0 Å². The summed E-state index contributed by atoms with van der Waals surface area (Å²) >= 11 is 3.43. The molecule has 0 unspecified atom stereocenters. The van der Waals surface area contributed by atoms with Crippen molar-refractivity contribution < 1.29 is 9.53 Å². The Hall–Kier alpha value is -1.61. The Kier molecular flexibility index (Phi) is 3.62. The van der Waals surface area contributed by atoms with Crippen molar-refractivity contribution in [1.82, 2.24) is 0 Å². The van der Waals surface area contributed by atoms with Crippen LogP contribution in [0.25, 0.3) is 11.1 Å². The minimum Gasteiger partial charge on any atom is -0.426 e. The molecule has 1 aliphatic carbocycles. The molecule has 3 heteroatoms. The van der Waals surface area contributed by atoms with Gasteiger partial charge in [-0.25, -0.2) is 0 Å². The van der Waals surface area contributed by atoms with E-state index in [0.717, 1.165) is 34.0 Å². The highest BCUT2D eigenvalue weighted by atomic mass is 79.9. The maximum absolute atomic E-state index is 11.7. The largest absolute Gasteiger partial charge is 0.426 e. The second kappa shape index (κ2) is 5.41. The molecule has 0 saturated heterocycles. The smallest absolute Gasteiger partial charge is 0.314 e. The molecule has 0 heterocycles. The van der Waals surface area contributed by atoms with E-state index in [1.807, 2.05) is 31.2 Å². The monoisotopic (exact) mass is 330 g/mol. The fourth-order valence-corrected chi connectivity index (χ4v) is 2.36. The van der Waals surface area contributed by atoms with Crippen LogP contribution in [0.4, 0.5) is 0 Å². The second-order valence-corrected chi connectivity index (χ2v) is 6.10. The molecule has 2 nitrogen and oxygen atoms in total. The molecule has 2 aromatic rings. The van der Waals surface area contributed by atoms with Gasteiger partial charge in [0.2, 0.25) is 0 Å². The molecule has 0 aromatic heterocycles. The van der Waals surface area contributed by atoms with Gasteiger partial charge in [0.25, 0.3) is 0 Å². The van der Waals surface area contributed by atoms with Crippen molar-refractivity contribution in [2.75, 3.05) is 0 Å². The summed E-state index contributed by atoms with van der Waals surface area (Å²) in [4.78, 5) is 11.7. The molecule has 1 aliphatic rings. The summed E-state index contributed by atoms with van der Waals surface area (Å²) in [5.74, 6) is 0.702. The molecule has 3 rings (SSSR count). The van der Waals surface area contributed by atoms with Gasteiger partial charge in [0.15, 0.2) is 0 Å². The van der Waals surface area contributed by atoms with Gasteiger partial charge in [0.05, 0.1) is 5.92 Å². The van der Waals surface area contributed by atoms with Crippen LogP contribution in [-0.4, -0.2) is 5.97 Å². The molecule has 1 fully saturated rings. The molecule has 0 amide bonds. The van der Waals surface area contributed by atoms with Crippen molar-refractivity contribution in [1.29, 1.82) is 0 Å². The summed E-state index contributed by atoms with van der Waals surface area (Å²) < 4.78 is 6.50. The summed E-state index contributed by atoms with van der Waals surface area (Å²) in [6, 6.07) is 14.1. The molecular formula is C17H15BrO2. The number of esters is 1. The summed E-state index contributed by atoms with van der Waals surface area (Å²) in [6.07, 6.45) is 1.93. The van der Waals surface area contributed by atoms with Crippen LogP contribution in [0.3, 0.4) is 0 Å². The number of benzene rings is 2. The summed E-state index contributed by atoms with van der Waals surface area (Å²) in [7, 11) is 0. The lowest BCUT2D eigenvalue weighted by Gasteiger charge is -2.09. The minimum absolute atomic E-state index is 0.0931. The molecule has 0 bridgehead atoms. The fraction of sp³-hybridized carbons (Fsp3) is 0.235. The summed E-state index contributed by atoms with van der Waals surface area (Å²) in [5, 5.41) is 0. The van der Waals surface area contributed by atoms with Gasteiger partial charge in [0.1, 0.15) is 5.75 Å². The summed E-state index contributed by atoms with van der Waals surface area (Å²) in [5.41, 5.74) is 3.26. The van der Waals surface area contributed by atoms with Gasteiger partial charge in [-0.15, -0.1) is 0 Å². The van der Waals surface area contributed by atoms with Crippen molar-refractivity contribution in [3.63, 3.8) is 0 Å². The molecule has 20 heavy (non-hydrogen) atoms. The first-order valence-corrected chi connectivity index (χ1v) is 7.51. The van der Waals surface area contributed by atoms with Gasteiger partial charge >= 0.3 is 5.97 Å². The van der Waals surface area contributed by atoms with E-state index in [1.165, 1.54) is 0 Å². The SMILES string of the molecule is Cc1cc(-c2ccc(Br)cc2)ccc1OC(=O)C1CC1. The van der Waals surface area contributed by atoms with E-state index in [0.29, 0.717) is 5.75 Å². The van der Waals surface area contributed by atoms with Crippen LogP contribution in [0.5, 0.6) is 5.75 Å². The van der Waals surface area contributed by atoms with Crippen LogP contribution in [0, 0.1) is 12.8 Å². The lowest BCUT2D eigenvalue weighted by Crippen LogP contribution is -2.10. The topological polar surface area (TPSA) is 26.3 Å². The van der Waals surface area contributed by atoms with Crippen LogP contribution in [0.15, 0.2) is 46.9 Å². The number of ether oxygens (including phenoxy) is 1. The van der Waals surface area contributed by atoms with Gasteiger partial charge < -0.3 is 4.74 Å². The Bertz CT molecular complexity index is 643. The van der Waals surface area contributed by atoms with E-state index in [1.54, 1.807) is 0 Å². The Balaban J connectivity index is 1.82. The zero-order valence-electron chi connectivity index (χ0n) is 11.2. The molecule has 0 N–H and O–H groups in total. The number of rotatable bonds is 3. The molecule has 2 aromatic carbocycles. The first-order chi connectivity index (χ1) is 9.63. The van der Waals surface area contributed by atoms with Crippen LogP contribution < -0.4 is 4.74 Å². The summed E-state index contributed by atoms with van der Waals surface area (Å²) in [6.45, 7) is 1.97. The van der Waals surface area contributed by atoms with Crippen LogP contribution in [-0.2, 0) is 4.79 Å². The number of hydrogen-bond donors (Lipinski definition) is 0. The molecule has 0 aliphatic heterocycles. The highest BCUT2D eigenvalue weighted by Crippen LogP contribution is 2.32. The Morgan fingerprint density at radius 2 is 1.75 bits per heavy atom. The first kappa shape index (κ1) is 13.4. The average molecular weight is 331 g/mol. The zero-order chi connectivity index (χ0) is 14.1. The van der Waals surface area contributed by atoms with Gasteiger partial charge in [-0.2, -0.15) is 0 Å². The van der Waals surface area contributed by atoms with Crippen molar-refractivity contribution in [2.45, 2.75) is 19.8 Å². The number of carbonyl (C=O) groups excluding carboxylic acids is 1. The van der Waals surface area contributed by atoms with E-state index in [4.69, 9.17) is 4.74 Å². The third kappa shape index (κ3) is 2.93. The van der Waals surface area contributed by atoms with E-state index in [2.05, 4.69) is 34.1 Å². The van der Waals surface area contributed by atoms with Crippen LogP contribution in [0.1, 0.15) is 18.4 Å². The number of aryl methyl sites for hydroxylation is 1. The van der Waals surface area contributed by atoms with Crippen molar-refractivity contribution in [2.24, 2.45) is 5.92 Å². The Morgan fingerprint density at radius 1 is 1.10 bits per heavy atom. The highest BCUT2D eigenvalue weighted by molar-refractivity contribution is 9.10. The Labute approximate surface area is 126 Å². The molecule has 0 atom stereocenters. The molecule has 1 saturated carbocycles. The number of halogens is 1. The first-order valence-electron chi connectivity index (χ1n) is 6.72. The van der Waals surface area contributed by atoms with E-state index in [-0.39, 0.29) is 11.9 Å².